The van der Waals surface area contributed by atoms with E-state index < -0.39 is 0 Å². The average molecular weight is 348 g/mol. The second-order valence-corrected chi connectivity index (χ2v) is 6.24. The van der Waals surface area contributed by atoms with Gasteiger partial charge in [-0.05, 0) is 18.1 Å². The summed E-state index contributed by atoms with van der Waals surface area (Å²) < 4.78 is 2.11. The third-order valence-corrected chi connectivity index (χ3v) is 4.28. The summed E-state index contributed by atoms with van der Waals surface area (Å²) in [7, 11) is 0. The van der Waals surface area contributed by atoms with Crippen LogP contribution in [0.3, 0.4) is 0 Å². The van der Waals surface area contributed by atoms with Crippen LogP contribution < -0.4 is 10.6 Å². The van der Waals surface area contributed by atoms with Crippen LogP contribution in [0.15, 0.2) is 73.1 Å². The van der Waals surface area contributed by atoms with E-state index >= 15 is 0 Å². The van der Waals surface area contributed by atoms with Crippen LogP contribution in [0, 0.1) is 0 Å². The van der Waals surface area contributed by atoms with Crippen molar-refractivity contribution in [2.45, 2.75) is 25.9 Å². The SMILES string of the molecule is CC(NC(=O)NCCc1nccn1Cc1ccccc1)c1ccccc1. The Morgan fingerprint density at radius 2 is 1.77 bits per heavy atom. The number of carbonyl (C=O) groups excluding carboxylic acids is 1. The molecule has 2 amide bonds. The molecule has 2 aromatic carbocycles. The second-order valence-electron chi connectivity index (χ2n) is 6.24. The lowest BCUT2D eigenvalue weighted by atomic mass is 10.1. The number of aromatic nitrogens is 2. The molecule has 3 aromatic rings. The van der Waals surface area contributed by atoms with Gasteiger partial charge in [-0.3, -0.25) is 0 Å². The van der Waals surface area contributed by atoms with Crippen molar-refractivity contribution >= 4 is 6.03 Å². The minimum Gasteiger partial charge on any atom is -0.338 e. The minimum atomic E-state index is -0.164. The van der Waals surface area contributed by atoms with Gasteiger partial charge < -0.3 is 15.2 Å². The van der Waals surface area contributed by atoms with E-state index in [0.29, 0.717) is 13.0 Å². The van der Waals surface area contributed by atoms with Crippen molar-refractivity contribution in [2.24, 2.45) is 0 Å². The van der Waals surface area contributed by atoms with Crippen LogP contribution in [0.2, 0.25) is 0 Å². The molecule has 0 spiro atoms. The third-order valence-electron chi connectivity index (χ3n) is 4.28. The smallest absolute Gasteiger partial charge is 0.315 e. The summed E-state index contributed by atoms with van der Waals surface area (Å²) in [6.45, 7) is 3.30. The van der Waals surface area contributed by atoms with Gasteiger partial charge >= 0.3 is 6.03 Å². The highest BCUT2D eigenvalue weighted by Gasteiger charge is 2.09. The van der Waals surface area contributed by atoms with Crippen molar-refractivity contribution in [1.82, 2.24) is 20.2 Å². The van der Waals surface area contributed by atoms with E-state index in [9.17, 15) is 4.79 Å². The number of hydrogen-bond donors (Lipinski definition) is 2. The molecule has 2 N–H and O–H groups in total. The van der Waals surface area contributed by atoms with Crippen LogP contribution in [0.25, 0.3) is 0 Å². The van der Waals surface area contributed by atoms with E-state index in [2.05, 4.69) is 32.3 Å². The summed E-state index contributed by atoms with van der Waals surface area (Å²) in [6, 6.07) is 20.0. The van der Waals surface area contributed by atoms with Gasteiger partial charge in [-0.15, -0.1) is 0 Å². The van der Waals surface area contributed by atoms with Crippen LogP contribution >= 0.6 is 0 Å². The van der Waals surface area contributed by atoms with Crippen molar-refractivity contribution in [3.8, 4) is 0 Å². The molecule has 0 bridgehead atoms. The van der Waals surface area contributed by atoms with Crippen molar-refractivity contribution in [1.29, 1.82) is 0 Å². The van der Waals surface area contributed by atoms with E-state index in [1.165, 1.54) is 5.56 Å². The third kappa shape index (κ3) is 4.96. The summed E-state index contributed by atoms with van der Waals surface area (Å²) >= 11 is 0. The fraction of sp³-hybridized carbons (Fsp3) is 0.238. The molecule has 5 heteroatoms. The Balaban J connectivity index is 1.46. The zero-order valence-electron chi connectivity index (χ0n) is 14.9. The standard InChI is InChI=1S/C21H24N4O/c1-17(19-10-6-3-7-11-19)24-21(26)23-13-12-20-22-14-15-25(20)16-18-8-4-2-5-9-18/h2-11,14-15,17H,12-13,16H2,1H3,(H2,23,24,26). The number of nitrogens with zero attached hydrogens (tertiary/aromatic N) is 2. The van der Waals surface area contributed by atoms with Crippen LogP contribution in [0.1, 0.15) is 29.9 Å². The Morgan fingerprint density at radius 3 is 2.50 bits per heavy atom. The number of rotatable bonds is 7. The van der Waals surface area contributed by atoms with Gasteiger partial charge in [0.25, 0.3) is 0 Å². The van der Waals surface area contributed by atoms with Gasteiger partial charge in [0.1, 0.15) is 5.82 Å². The van der Waals surface area contributed by atoms with Gasteiger partial charge in [0.15, 0.2) is 0 Å². The normalized spacial score (nSPS) is 11.7. The van der Waals surface area contributed by atoms with Gasteiger partial charge in [-0.25, -0.2) is 9.78 Å². The van der Waals surface area contributed by atoms with Crippen LogP contribution in [-0.2, 0) is 13.0 Å². The first-order valence-electron chi connectivity index (χ1n) is 8.85. The summed E-state index contributed by atoms with van der Waals surface area (Å²) in [5.74, 6) is 0.963. The largest absolute Gasteiger partial charge is 0.338 e. The molecule has 3 rings (SSSR count). The van der Waals surface area contributed by atoms with Crippen molar-refractivity contribution < 1.29 is 4.79 Å². The molecule has 1 aromatic heterocycles. The van der Waals surface area contributed by atoms with E-state index in [1.54, 1.807) is 6.20 Å². The molecular weight excluding hydrogens is 324 g/mol. The second kappa shape index (κ2) is 8.85. The summed E-state index contributed by atoms with van der Waals surface area (Å²) in [4.78, 5) is 16.5. The zero-order valence-corrected chi connectivity index (χ0v) is 14.9. The molecule has 5 nitrogen and oxygen atoms in total. The Kier molecular flexibility index (Phi) is 6.04. The molecule has 0 aliphatic rings. The molecule has 1 atom stereocenters. The molecule has 1 heterocycles. The van der Waals surface area contributed by atoms with Crippen molar-refractivity contribution in [3.63, 3.8) is 0 Å². The molecule has 0 radical (unpaired) electrons. The molecule has 0 saturated heterocycles. The maximum absolute atomic E-state index is 12.1. The quantitative estimate of drug-likeness (QED) is 0.686. The van der Waals surface area contributed by atoms with E-state index in [-0.39, 0.29) is 12.1 Å². The van der Waals surface area contributed by atoms with E-state index in [1.807, 2.05) is 61.7 Å². The molecule has 0 aliphatic heterocycles. The summed E-state index contributed by atoms with van der Waals surface area (Å²) in [5.41, 5.74) is 2.31. The van der Waals surface area contributed by atoms with Crippen LogP contribution in [0.5, 0.6) is 0 Å². The first-order chi connectivity index (χ1) is 12.7. The number of carbonyl (C=O) groups is 1. The number of urea groups is 1. The Hall–Kier alpha value is -3.08. The number of nitrogens with one attached hydrogen (secondary N) is 2. The van der Waals surface area contributed by atoms with Gasteiger partial charge in [-0.1, -0.05) is 60.7 Å². The highest BCUT2D eigenvalue weighted by Crippen LogP contribution is 2.10. The van der Waals surface area contributed by atoms with Gasteiger partial charge in [0, 0.05) is 31.9 Å². The van der Waals surface area contributed by atoms with Crippen molar-refractivity contribution in [2.75, 3.05) is 6.54 Å². The minimum absolute atomic E-state index is 0.0312. The monoisotopic (exact) mass is 348 g/mol. The van der Waals surface area contributed by atoms with Gasteiger partial charge in [0.2, 0.25) is 0 Å². The maximum atomic E-state index is 12.1. The summed E-state index contributed by atoms with van der Waals surface area (Å²) in [6.07, 6.45) is 4.46. The molecule has 0 aliphatic carbocycles. The first-order valence-corrected chi connectivity index (χ1v) is 8.85. The number of benzene rings is 2. The lowest BCUT2D eigenvalue weighted by molar-refractivity contribution is 0.238. The van der Waals surface area contributed by atoms with Crippen molar-refractivity contribution in [3.05, 3.63) is 90.0 Å². The maximum Gasteiger partial charge on any atom is 0.315 e. The fourth-order valence-electron chi connectivity index (χ4n) is 2.85. The molecule has 134 valence electrons. The predicted molar refractivity (Wildman–Crippen MR) is 103 cm³/mol. The lowest BCUT2D eigenvalue weighted by Crippen LogP contribution is -2.38. The molecule has 0 saturated carbocycles. The van der Waals surface area contributed by atoms with Gasteiger partial charge in [0.05, 0.1) is 6.04 Å². The first kappa shape index (κ1) is 17.7. The highest BCUT2D eigenvalue weighted by atomic mass is 16.2. The van der Waals surface area contributed by atoms with Crippen LogP contribution in [-0.4, -0.2) is 22.1 Å². The number of amides is 2. The fourth-order valence-corrected chi connectivity index (χ4v) is 2.85. The summed E-state index contributed by atoms with van der Waals surface area (Å²) in [5, 5.41) is 5.86. The molecule has 26 heavy (non-hydrogen) atoms. The van der Waals surface area contributed by atoms with Gasteiger partial charge in [-0.2, -0.15) is 0 Å². The number of hydrogen-bond acceptors (Lipinski definition) is 2. The average Bonchev–Trinajstić information content (AvgIpc) is 3.10. The van der Waals surface area contributed by atoms with E-state index in [4.69, 9.17) is 0 Å². The lowest BCUT2D eigenvalue weighted by Gasteiger charge is -2.15. The predicted octanol–water partition coefficient (Wildman–Crippen LogP) is 3.53. The number of imidazole rings is 1. The Bertz CT molecular complexity index is 814. The highest BCUT2D eigenvalue weighted by molar-refractivity contribution is 5.74. The van der Waals surface area contributed by atoms with Crippen LogP contribution in [0.4, 0.5) is 4.79 Å². The molecular formula is C21H24N4O. The van der Waals surface area contributed by atoms with E-state index in [0.717, 1.165) is 17.9 Å². The Morgan fingerprint density at radius 1 is 1.08 bits per heavy atom. The molecule has 1 unspecified atom stereocenters. The zero-order chi connectivity index (χ0) is 18.2. The Labute approximate surface area is 154 Å². The topological polar surface area (TPSA) is 59.0 Å². The molecule has 0 fully saturated rings.